The second kappa shape index (κ2) is 5.74. The summed E-state index contributed by atoms with van der Waals surface area (Å²) in [5.74, 6) is -0.747. The van der Waals surface area contributed by atoms with Gasteiger partial charge in [0.1, 0.15) is 0 Å². The van der Waals surface area contributed by atoms with Crippen LogP contribution in [0.5, 0.6) is 0 Å². The number of fused-ring (bicyclic) bond motifs is 1. The number of nitrogens with zero attached hydrogens (tertiary/aromatic N) is 1. The molecule has 1 aliphatic heterocycles. The van der Waals surface area contributed by atoms with Crippen LogP contribution in [-0.4, -0.2) is 22.8 Å². The first-order valence-corrected chi connectivity index (χ1v) is 8.48. The third-order valence-electron chi connectivity index (χ3n) is 3.96. The summed E-state index contributed by atoms with van der Waals surface area (Å²) in [6.07, 6.45) is -0.289. The summed E-state index contributed by atoms with van der Waals surface area (Å²) in [7, 11) is 0. The predicted octanol–water partition coefficient (Wildman–Crippen LogP) is 3.62. The fourth-order valence-corrected chi connectivity index (χ4v) is 3.91. The zero-order valence-electron chi connectivity index (χ0n) is 12.7. The van der Waals surface area contributed by atoms with Crippen molar-refractivity contribution in [1.29, 1.82) is 0 Å². The first kappa shape index (κ1) is 16.2. The molecule has 0 fully saturated rings. The molecular weight excluding hydrogens is 334 g/mol. The van der Waals surface area contributed by atoms with Crippen LogP contribution in [0.1, 0.15) is 35.5 Å². The number of hydrogen-bond donors (Lipinski definition) is 1. The number of hydrogen-bond acceptors (Lipinski definition) is 4. The number of anilines is 1. The molecule has 0 bridgehead atoms. The molecular formula is C17H16ClNO3S. The summed E-state index contributed by atoms with van der Waals surface area (Å²) >= 11 is 7.01. The molecule has 0 radical (unpaired) electrons. The molecule has 0 saturated heterocycles. The molecule has 1 amide bonds. The van der Waals surface area contributed by atoms with Gasteiger partial charge in [0, 0.05) is 11.6 Å². The minimum atomic E-state index is -1.82. The number of carbonyl (C=O) groups is 2. The maximum absolute atomic E-state index is 12.8. The van der Waals surface area contributed by atoms with E-state index in [2.05, 4.69) is 0 Å². The molecule has 23 heavy (non-hydrogen) atoms. The minimum absolute atomic E-state index is 0.107. The third-order valence-corrected chi connectivity index (χ3v) is 5.23. The fraction of sp³-hybridized carbons (Fsp3) is 0.294. The van der Waals surface area contributed by atoms with Crippen molar-refractivity contribution < 1.29 is 14.7 Å². The van der Waals surface area contributed by atoms with Crippen LogP contribution in [0.4, 0.5) is 5.69 Å². The Balaban J connectivity index is 2.00. The lowest BCUT2D eigenvalue weighted by atomic mass is 9.89. The van der Waals surface area contributed by atoms with Gasteiger partial charge in [-0.2, -0.15) is 0 Å². The second-order valence-corrected chi connectivity index (χ2v) is 7.57. The van der Waals surface area contributed by atoms with E-state index in [0.29, 0.717) is 20.5 Å². The molecule has 0 saturated carbocycles. The van der Waals surface area contributed by atoms with E-state index in [9.17, 15) is 14.7 Å². The summed E-state index contributed by atoms with van der Waals surface area (Å²) in [5, 5.41) is 11.0. The van der Waals surface area contributed by atoms with E-state index in [1.165, 1.54) is 0 Å². The molecule has 2 heterocycles. The fourth-order valence-electron chi connectivity index (χ4n) is 2.92. The Kier molecular flexibility index (Phi) is 4.04. The molecule has 0 spiro atoms. The molecule has 0 unspecified atom stereocenters. The number of carbonyl (C=O) groups excluding carboxylic acids is 2. The van der Waals surface area contributed by atoms with E-state index in [-0.39, 0.29) is 18.2 Å². The van der Waals surface area contributed by atoms with E-state index in [1.807, 2.05) is 19.9 Å². The highest BCUT2D eigenvalue weighted by atomic mass is 35.5. The Morgan fingerprint density at radius 3 is 2.61 bits per heavy atom. The Morgan fingerprint density at radius 2 is 2.00 bits per heavy atom. The molecule has 2 aromatic rings. The molecule has 3 rings (SSSR count). The van der Waals surface area contributed by atoms with E-state index in [1.54, 1.807) is 35.2 Å². The van der Waals surface area contributed by atoms with Crippen molar-refractivity contribution in [1.82, 2.24) is 0 Å². The van der Waals surface area contributed by atoms with Gasteiger partial charge in [0.2, 0.25) is 0 Å². The van der Waals surface area contributed by atoms with Crippen molar-refractivity contribution in [3.63, 3.8) is 0 Å². The SMILES string of the molecule is CC(C)N1C(=O)[C@](O)(CC(=O)c2ccc(Cl)s2)c2ccccc21. The van der Waals surface area contributed by atoms with Crippen molar-refractivity contribution in [2.75, 3.05) is 4.90 Å². The molecule has 1 aliphatic rings. The summed E-state index contributed by atoms with van der Waals surface area (Å²) in [6.45, 7) is 3.75. The molecule has 120 valence electrons. The highest BCUT2D eigenvalue weighted by Gasteiger charge is 2.51. The van der Waals surface area contributed by atoms with Crippen LogP contribution in [0.2, 0.25) is 4.34 Å². The number of thiophene rings is 1. The van der Waals surface area contributed by atoms with Crippen molar-refractivity contribution in [2.45, 2.75) is 31.9 Å². The number of ketones is 1. The van der Waals surface area contributed by atoms with Crippen LogP contribution in [-0.2, 0) is 10.4 Å². The highest BCUT2D eigenvalue weighted by molar-refractivity contribution is 7.18. The van der Waals surface area contributed by atoms with E-state index < -0.39 is 11.5 Å². The third kappa shape index (κ3) is 2.59. The lowest BCUT2D eigenvalue weighted by Gasteiger charge is -2.25. The van der Waals surface area contributed by atoms with Gasteiger partial charge in [-0.15, -0.1) is 11.3 Å². The normalized spacial score (nSPS) is 20.2. The highest BCUT2D eigenvalue weighted by Crippen LogP contribution is 2.44. The lowest BCUT2D eigenvalue weighted by Crippen LogP contribution is -2.44. The molecule has 4 nitrogen and oxygen atoms in total. The van der Waals surface area contributed by atoms with E-state index >= 15 is 0 Å². The number of para-hydroxylation sites is 1. The first-order valence-electron chi connectivity index (χ1n) is 7.28. The van der Waals surface area contributed by atoms with Gasteiger partial charge < -0.3 is 10.0 Å². The number of rotatable bonds is 4. The van der Waals surface area contributed by atoms with Crippen LogP contribution in [0.3, 0.4) is 0 Å². The van der Waals surface area contributed by atoms with Gasteiger partial charge in [-0.3, -0.25) is 9.59 Å². The zero-order valence-corrected chi connectivity index (χ0v) is 14.3. The van der Waals surface area contributed by atoms with Gasteiger partial charge in [-0.05, 0) is 32.0 Å². The average Bonchev–Trinajstić information content (AvgIpc) is 3.01. The lowest BCUT2D eigenvalue weighted by molar-refractivity contribution is -0.136. The van der Waals surface area contributed by atoms with Crippen LogP contribution >= 0.6 is 22.9 Å². The topological polar surface area (TPSA) is 57.6 Å². The van der Waals surface area contributed by atoms with Crippen molar-refractivity contribution >= 4 is 40.3 Å². The van der Waals surface area contributed by atoms with Crippen LogP contribution in [0.15, 0.2) is 36.4 Å². The van der Waals surface area contributed by atoms with Gasteiger partial charge in [0.05, 0.1) is 21.3 Å². The molecule has 1 aromatic carbocycles. The van der Waals surface area contributed by atoms with Gasteiger partial charge in [-0.1, -0.05) is 29.8 Å². The number of halogens is 1. The first-order chi connectivity index (χ1) is 10.8. The summed E-state index contributed by atoms with van der Waals surface area (Å²) in [5.41, 5.74) is -0.685. The molecule has 6 heteroatoms. The van der Waals surface area contributed by atoms with Crippen LogP contribution in [0.25, 0.3) is 0 Å². The Labute approximate surface area is 143 Å². The minimum Gasteiger partial charge on any atom is -0.375 e. The molecule has 1 aromatic heterocycles. The molecule has 1 N–H and O–H groups in total. The smallest absolute Gasteiger partial charge is 0.264 e. The average molecular weight is 350 g/mol. The number of benzene rings is 1. The Bertz CT molecular complexity index is 786. The Hall–Kier alpha value is -1.69. The molecule has 1 atom stereocenters. The monoisotopic (exact) mass is 349 g/mol. The maximum atomic E-state index is 12.8. The number of Topliss-reactive ketones (excluding diaryl/α,β-unsaturated/α-hetero) is 1. The van der Waals surface area contributed by atoms with Gasteiger partial charge in [0.15, 0.2) is 11.4 Å². The molecule has 0 aliphatic carbocycles. The second-order valence-electron chi connectivity index (χ2n) is 5.85. The number of amides is 1. The van der Waals surface area contributed by atoms with Crippen LogP contribution in [0, 0.1) is 0 Å². The summed E-state index contributed by atoms with van der Waals surface area (Å²) < 4.78 is 0.502. The van der Waals surface area contributed by atoms with Gasteiger partial charge in [0.25, 0.3) is 5.91 Å². The van der Waals surface area contributed by atoms with Crippen molar-refractivity contribution in [3.8, 4) is 0 Å². The zero-order chi connectivity index (χ0) is 16.8. The van der Waals surface area contributed by atoms with E-state index in [4.69, 9.17) is 11.6 Å². The van der Waals surface area contributed by atoms with Crippen LogP contribution < -0.4 is 4.90 Å². The van der Waals surface area contributed by atoms with Gasteiger partial charge in [-0.25, -0.2) is 0 Å². The Morgan fingerprint density at radius 1 is 1.30 bits per heavy atom. The van der Waals surface area contributed by atoms with Crippen molar-refractivity contribution in [3.05, 3.63) is 51.2 Å². The predicted molar refractivity (Wildman–Crippen MR) is 91.2 cm³/mol. The standard InChI is InChI=1S/C17H16ClNO3S/c1-10(2)19-12-6-4-3-5-11(12)17(22,16(19)21)9-13(20)14-7-8-15(18)23-14/h3-8,10,22H,9H2,1-2H3/t17-/m0/s1. The summed E-state index contributed by atoms with van der Waals surface area (Å²) in [4.78, 5) is 27.3. The van der Waals surface area contributed by atoms with Crippen molar-refractivity contribution in [2.24, 2.45) is 0 Å². The van der Waals surface area contributed by atoms with Gasteiger partial charge >= 0.3 is 0 Å². The quantitative estimate of drug-likeness (QED) is 0.858. The van der Waals surface area contributed by atoms with E-state index in [0.717, 1.165) is 11.3 Å². The number of aliphatic hydroxyl groups is 1. The summed E-state index contributed by atoms with van der Waals surface area (Å²) in [6, 6.07) is 10.2. The maximum Gasteiger partial charge on any atom is 0.264 e. The largest absolute Gasteiger partial charge is 0.375 e.